The molecule has 0 aliphatic rings. The number of nitrogens with zero attached hydrogens (tertiary/aromatic N) is 1. The van der Waals surface area contributed by atoms with Crippen LogP contribution in [0.4, 0.5) is 0 Å². The number of hydrogen-bond donors (Lipinski definition) is 1. The van der Waals surface area contributed by atoms with Crippen molar-refractivity contribution in [3.63, 3.8) is 0 Å². The smallest absolute Gasteiger partial charge is 0.0931 e. The lowest BCUT2D eigenvalue weighted by Crippen LogP contribution is -2.17. The summed E-state index contributed by atoms with van der Waals surface area (Å²) in [6.45, 7) is 10.7. The normalized spacial score (nSPS) is 12.9. The van der Waals surface area contributed by atoms with Crippen LogP contribution in [0.1, 0.15) is 41.7 Å². The molecule has 2 aromatic rings. The Balaban J connectivity index is 2.03. The van der Waals surface area contributed by atoms with Crippen molar-refractivity contribution in [1.29, 1.82) is 0 Å². The Labute approximate surface area is 124 Å². The standard InChI is InChI=1S/C15H21ClN2S/c1-5-18-10(2)8-13(12(18)4)9-17-11(3)14-6-7-15(16)19-14/h6-8,11,17H,5,9H2,1-4H3. The number of rotatable bonds is 5. The van der Waals surface area contributed by atoms with Crippen molar-refractivity contribution >= 4 is 22.9 Å². The topological polar surface area (TPSA) is 17.0 Å². The molecule has 1 atom stereocenters. The van der Waals surface area contributed by atoms with Gasteiger partial charge in [0, 0.05) is 35.4 Å². The van der Waals surface area contributed by atoms with Crippen LogP contribution in [0.2, 0.25) is 4.34 Å². The molecular formula is C15H21ClN2S. The van der Waals surface area contributed by atoms with Gasteiger partial charge in [-0.3, -0.25) is 0 Å². The summed E-state index contributed by atoms with van der Waals surface area (Å²) in [7, 11) is 0. The van der Waals surface area contributed by atoms with E-state index in [-0.39, 0.29) is 0 Å². The van der Waals surface area contributed by atoms with Crippen LogP contribution in [0, 0.1) is 13.8 Å². The van der Waals surface area contributed by atoms with E-state index in [1.807, 2.05) is 6.07 Å². The van der Waals surface area contributed by atoms with E-state index in [4.69, 9.17) is 11.6 Å². The molecule has 0 spiro atoms. The van der Waals surface area contributed by atoms with Crippen LogP contribution in [0.3, 0.4) is 0 Å². The zero-order valence-corrected chi connectivity index (χ0v) is 13.5. The number of hydrogen-bond acceptors (Lipinski definition) is 2. The van der Waals surface area contributed by atoms with Crippen LogP contribution >= 0.6 is 22.9 Å². The molecule has 0 aromatic carbocycles. The summed E-state index contributed by atoms with van der Waals surface area (Å²) >= 11 is 7.62. The molecule has 19 heavy (non-hydrogen) atoms. The highest BCUT2D eigenvalue weighted by Crippen LogP contribution is 2.27. The molecule has 2 heterocycles. The Morgan fingerprint density at radius 1 is 1.37 bits per heavy atom. The summed E-state index contributed by atoms with van der Waals surface area (Å²) in [4.78, 5) is 1.29. The van der Waals surface area contributed by atoms with Gasteiger partial charge in [-0.15, -0.1) is 11.3 Å². The molecule has 0 aliphatic heterocycles. The molecule has 0 saturated carbocycles. The van der Waals surface area contributed by atoms with Crippen molar-refractivity contribution in [1.82, 2.24) is 9.88 Å². The van der Waals surface area contributed by atoms with Gasteiger partial charge < -0.3 is 9.88 Å². The van der Waals surface area contributed by atoms with E-state index >= 15 is 0 Å². The molecule has 2 rings (SSSR count). The van der Waals surface area contributed by atoms with Crippen LogP contribution in [-0.4, -0.2) is 4.57 Å². The van der Waals surface area contributed by atoms with E-state index < -0.39 is 0 Å². The fourth-order valence-electron chi connectivity index (χ4n) is 2.46. The van der Waals surface area contributed by atoms with Crippen LogP contribution in [0.15, 0.2) is 18.2 Å². The second kappa shape index (κ2) is 6.12. The second-order valence-electron chi connectivity index (χ2n) is 4.89. The minimum absolute atomic E-state index is 0.335. The molecule has 0 bridgehead atoms. The Morgan fingerprint density at radius 2 is 2.11 bits per heavy atom. The van der Waals surface area contributed by atoms with Gasteiger partial charge in [-0.25, -0.2) is 0 Å². The van der Waals surface area contributed by atoms with Gasteiger partial charge in [-0.05, 0) is 51.5 Å². The SMILES string of the molecule is CCn1c(C)cc(CNC(C)c2ccc(Cl)s2)c1C. The molecule has 1 unspecified atom stereocenters. The molecule has 0 radical (unpaired) electrons. The van der Waals surface area contributed by atoms with E-state index in [1.165, 1.54) is 21.8 Å². The average molecular weight is 297 g/mol. The number of nitrogens with one attached hydrogen (secondary N) is 1. The van der Waals surface area contributed by atoms with Crippen LogP contribution in [0.25, 0.3) is 0 Å². The molecule has 4 heteroatoms. The van der Waals surface area contributed by atoms with Gasteiger partial charge in [0.15, 0.2) is 0 Å². The predicted molar refractivity (Wildman–Crippen MR) is 84.2 cm³/mol. The Hall–Kier alpha value is -0.770. The molecule has 1 N–H and O–H groups in total. The fourth-order valence-corrected chi connectivity index (χ4v) is 3.55. The highest BCUT2D eigenvalue weighted by atomic mass is 35.5. The average Bonchev–Trinajstić information content (AvgIpc) is 2.91. The van der Waals surface area contributed by atoms with Gasteiger partial charge >= 0.3 is 0 Å². The third kappa shape index (κ3) is 3.22. The summed E-state index contributed by atoms with van der Waals surface area (Å²) in [5.41, 5.74) is 4.08. The maximum Gasteiger partial charge on any atom is 0.0931 e. The molecule has 104 valence electrons. The Kier molecular flexibility index (Phi) is 4.71. The van der Waals surface area contributed by atoms with Crippen LogP contribution in [-0.2, 0) is 13.1 Å². The largest absolute Gasteiger partial charge is 0.349 e. The van der Waals surface area contributed by atoms with Crippen molar-refractivity contribution in [2.45, 2.75) is 46.8 Å². The van der Waals surface area contributed by atoms with Crippen molar-refractivity contribution < 1.29 is 0 Å². The number of aromatic nitrogens is 1. The van der Waals surface area contributed by atoms with Crippen LogP contribution < -0.4 is 5.32 Å². The van der Waals surface area contributed by atoms with Gasteiger partial charge in [0.25, 0.3) is 0 Å². The minimum atomic E-state index is 0.335. The monoisotopic (exact) mass is 296 g/mol. The quantitative estimate of drug-likeness (QED) is 0.847. The lowest BCUT2D eigenvalue weighted by molar-refractivity contribution is 0.579. The zero-order chi connectivity index (χ0) is 14.0. The highest BCUT2D eigenvalue weighted by Gasteiger charge is 2.11. The molecule has 2 nitrogen and oxygen atoms in total. The lowest BCUT2D eigenvalue weighted by Gasteiger charge is -2.12. The molecule has 0 saturated heterocycles. The van der Waals surface area contributed by atoms with Gasteiger partial charge in [-0.2, -0.15) is 0 Å². The summed E-state index contributed by atoms with van der Waals surface area (Å²) in [6, 6.07) is 6.67. The Morgan fingerprint density at radius 3 is 2.63 bits per heavy atom. The van der Waals surface area contributed by atoms with E-state index in [2.05, 4.69) is 49.7 Å². The minimum Gasteiger partial charge on any atom is -0.349 e. The number of aryl methyl sites for hydroxylation is 1. The van der Waals surface area contributed by atoms with E-state index in [0.29, 0.717) is 6.04 Å². The molecule has 0 amide bonds. The lowest BCUT2D eigenvalue weighted by atomic mass is 10.2. The van der Waals surface area contributed by atoms with Gasteiger partial charge in [0.05, 0.1) is 4.34 Å². The van der Waals surface area contributed by atoms with Crippen molar-refractivity contribution in [2.24, 2.45) is 0 Å². The van der Waals surface area contributed by atoms with Crippen molar-refractivity contribution in [3.05, 3.63) is 44.4 Å². The molecule has 0 fully saturated rings. The van der Waals surface area contributed by atoms with E-state index in [9.17, 15) is 0 Å². The maximum atomic E-state index is 5.98. The first kappa shape index (κ1) is 14.6. The summed E-state index contributed by atoms with van der Waals surface area (Å²) in [5, 5.41) is 3.57. The van der Waals surface area contributed by atoms with E-state index in [1.54, 1.807) is 11.3 Å². The maximum absolute atomic E-state index is 5.98. The summed E-state index contributed by atoms with van der Waals surface area (Å²) in [5.74, 6) is 0. The number of halogens is 1. The van der Waals surface area contributed by atoms with Gasteiger partial charge in [-0.1, -0.05) is 11.6 Å². The van der Waals surface area contributed by atoms with Gasteiger partial charge in [0.1, 0.15) is 0 Å². The molecule has 2 aromatic heterocycles. The summed E-state index contributed by atoms with van der Waals surface area (Å²) in [6.07, 6.45) is 0. The highest BCUT2D eigenvalue weighted by molar-refractivity contribution is 7.16. The molecular weight excluding hydrogens is 276 g/mol. The molecule has 0 aliphatic carbocycles. The van der Waals surface area contributed by atoms with Crippen molar-refractivity contribution in [3.8, 4) is 0 Å². The zero-order valence-electron chi connectivity index (χ0n) is 12.0. The number of thiophene rings is 1. The third-order valence-electron chi connectivity index (χ3n) is 3.61. The van der Waals surface area contributed by atoms with E-state index in [0.717, 1.165) is 17.4 Å². The predicted octanol–water partition coefficient (Wildman–Crippen LogP) is 4.69. The first-order valence-corrected chi connectivity index (χ1v) is 7.86. The first-order valence-electron chi connectivity index (χ1n) is 6.67. The van der Waals surface area contributed by atoms with Gasteiger partial charge in [0.2, 0.25) is 0 Å². The van der Waals surface area contributed by atoms with Crippen molar-refractivity contribution in [2.75, 3.05) is 0 Å². The third-order valence-corrected chi connectivity index (χ3v) is 5.03. The van der Waals surface area contributed by atoms with Crippen LogP contribution in [0.5, 0.6) is 0 Å². The fraction of sp³-hybridized carbons (Fsp3) is 0.467. The summed E-state index contributed by atoms with van der Waals surface area (Å²) < 4.78 is 3.21. The first-order chi connectivity index (χ1) is 9.02. The second-order valence-corrected chi connectivity index (χ2v) is 6.63. The Bertz CT molecular complexity index is 556.